The average Bonchev–Trinajstić information content (AvgIpc) is 2.35. The van der Waals surface area contributed by atoms with Gasteiger partial charge in [0.15, 0.2) is 5.96 Å². The molecule has 1 aliphatic carbocycles. The lowest BCUT2D eigenvalue weighted by molar-refractivity contribution is 0.315. The van der Waals surface area contributed by atoms with E-state index in [9.17, 15) is 4.21 Å². The smallest absolute Gasteiger partial charge is 0.188 e. The second-order valence-electron chi connectivity index (χ2n) is 4.98. The Morgan fingerprint density at radius 3 is 2.63 bits per heavy atom. The maximum Gasteiger partial charge on any atom is 0.188 e. The Morgan fingerprint density at radius 2 is 2.11 bits per heavy atom. The first-order valence-corrected chi connectivity index (χ1v) is 8.17. The van der Waals surface area contributed by atoms with Gasteiger partial charge in [-0.3, -0.25) is 4.21 Å². The first kappa shape index (κ1) is 14.1. The van der Waals surface area contributed by atoms with Crippen LogP contribution in [0.1, 0.15) is 24.8 Å². The number of hydrogen-bond donors (Lipinski definition) is 2. The molecule has 19 heavy (non-hydrogen) atoms. The van der Waals surface area contributed by atoms with Gasteiger partial charge in [-0.1, -0.05) is 18.6 Å². The molecule has 0 saturated heterocycles. The number of benzene rings is 1. The highest BCUT2D eigenvalue weighted by Gasteiger charge is 2.16. The lowest BCUT2D eigenvalue weighted by atomic mass is 9.85. The van der Waals surface area contributed by atoms with E-state index >= 15 is 0 Å². The minimum Gasteiger partial charge on any atom is -0.370 e. The molecule has 2 rings (SSSR count). The molecule has 1 aromatic rings. The summed E-state index contributed by atoms with van der Waals surface area (Å²) in [6.07, 6.45) is 5.62. The predicted octanol–water partition coefficient (Wildman–Crippen LogP) is 1.63. The van der Waals surface area contributed by atoms with Gasteiger partial charge in [0.05, 0.1) is 6.54 Å². The number of nitrogens with zero attached hydrogens (tertiary/aromatic N) is 1. The molecule has 0 bridgehead atoms. The molecule has 0 aromatic heterocycles. The van der Waals surface area contributed by atoms with Crippen molar-refractivity contribution in [3.05, 3.63) is 29.8 Å². The molecular weight excluding hydrogens is 258 g/mol. The summed E-state index contributed by atoms with van der Waals surface area (Å²) in [5.41, 5.74) is 6.89. The molecule has 1 saturated carbocycles. The second-order valence-corrected chi connectivity index (χ2v) is 6.36. The minimum absolute atomic E-state index is 0.509. The van der Waals surface area contributed by atoms with Gasteiger partial charge in [0.25, 0.3) is 0 Å². The van der Waals surface area contributed by atoms with Gasteiger partial charge in [-0.25, -0.2) is 4.99 Å². The molecule has 1 unspecified atom stereocenters. The SMILES string of the molecule is CS(=O)c1ccc(CN=C(N)NCC2CCC2)cc1. The molecule has 3 N–H and O–H groups in total. The van der Waals surface area contributed by atoms with Crippen molar-refractivity contribution in [1.82, 2.24) is 5.32 Å². The number of aliphatic imine (C=N–C) groups is 1. The van der Waals surface area contributed by atoms with E-state index in [1.54, 1.807) is 6.26 Å². The van der Waals surface area contributed by atoms with Crippen LogP contribution in [0.3, 0.4) is 0 Å². The van der Waals surface area contributed by atoms with Crippen molar-refractivity contribution in [2.75, 3.05) is 12.8 Å². The van der Waals surface area contributed by atoms with Gasteiger partial charge >= 0.3 is 0 Å². The Kier molecular flexibility index (Phi) is 4.96. The van der Waals surface area contributed by atoms with Crippen molar-refractivity contribution in [3.8, 4) is 0 Å². The fourth-order valence-corrected chi connectivity index (χ4v) is 2.48. The van der Waals surface area contributed by atoms with E-state index in [-0.39, 0.29) is 0 Å². The Morgan fingerprint density at radius 1 is 1.42 bits per heavy atom. The first-order chi connectivity index (χ1) is 9.15. The van der Waals surface area contributed by atoms with Gasteiger partial charge in [0, 0.05) is 28.5 Å². The second kappa shape index (κ2) is 6.70. The highest BCUT2D eigenvalue weighted by atomic mass is 32.2. The molecule has 0 aliphatic heterocycles. The predicted molar refractivity (Wildman–Crippen MR) is 79.4 cm³/mol. The maximum atomic E-state index is 11.3. The summed E-state index contributed by atoms with van der Waals surface area (Å²) in [4.78, 5) is 5.14. The zero-order valence-electron chi connectivity index (χ0n) is 11.3. The summed E-state index contributed by atoms with van der Waals surface area (Å²) >= 11 is 0. The summed E-state index contributed by atoms with van der Waals surface area (Å²) in [6.45, 7) is 1.49. The molecule has 4 nitrogen and oxygen atoms in total. The van der Waals surface area contributed by atoms with Gasteiger partial charge in [-0.15, -0.1) is 0 Å². The van der Waals surface area contributed by atoms with Gasteiger partial charge in [-0.05, 0) is 36.5 Å². The van der Waals surface area contributed by atoms with Crippen molar-refractivity contribution in [2.24, 2.45) is 16.6 Å². The first-order valence-electron chi connectivity index (χ1n) is 6.61. The topological polar surface area (TPSA) is 67.5 Å². The van der Waals surface area contributed by atoms with Crippen LogP contribution in [-0.4, -0.2) is 23.0 Å². The molecule has 1 aromatic carbocycles. The van der Waals surface area contributed by atoms with Gasteiger partial charge < -0.3 is 11.1 Å². The third kappa shape index (κ3) is 4.35. The van der Waals surface area contributed by atoms with Crippen LogP contribution < -0.4 is 11.1 Å². The largest absolute Gasteiger partial charge is 0.370 e. The molecule has 0 radical (unpaired) electrons. The van der Waals surface area contributed by atoms with Gasteiger partial charge in [0.2, 0.25) is 0 Å². The van der Waals surface area contributed by atoms with Gasteiger partial charge in [0.1, 0.15) is 0 Å². The molecule has 1 aliphatic rings. The molecular formula is C14H21N3OS. The lowest BCUT2D eigenvalue weighted by Gasteiger charge is -2.25. The highest BCUT2D eigenvalue weighted by molar-refractivity contribution is 7.84. The zero-order valence-corrected chi connectivity index (χ0v) is 12.1. The van der Waals surface area contributed by atoms with Crippen molar-refractivity contribution < 1.29 is 4.21 Å². The molecule has 0 spiro atoms. The van der Waals surface area contributed by atoms with Crippen LogP contribution in [0.15, 0.2) is 34.2 Å². The van der Waals surface area contributed by atoms with Crippen LogP contribution in [0.2, 0.25) is 0 Å². The van der Waals surface area contributed by atoms with E-state index < -0.39 is 10.8 Å². The molecule has 0 amide bonds. The average molecular weight is 279 g/mol. The number of hydrogen-bond acceptors (Lipinski definition) is 2. The molecule has 0 heterocycles. The minimum atomic E-state index is -0.926. The van der Waals surface area contributed by atoms with Crippen LogP contribution in [-0.2, 0) is 17.3 Å². The van der Waals surface area contributed by atoms with E-state index in [0.717, 1.165) is 22.9 Å². The maximum absolute atomic E-state index is 11.3. The summed E-state index contributed by atoms with van der Waals surface area (Å²) in [7, 11) is -0.926. The van der Waals surface area contributed by atoms with Gasteiger partial charge in [-0.2, -0.15) is 0 Å². The van der Waals surface area contributed by atoms with E-state index in [1.165, 1.54) is 19.3 Å². The van der Waals surface area contributed by atoms with E-state index in [2.05, 4.69) is 10.3 Å². The number of rotatable bonds is 5. The van der Waals surface area contributed by atoms with Crippen LogP contribution in [0.25, 0.3) is 0 Å². The molecule has 5 heteroatoms. The number of nitrogens with two attached hydrogens (primary N) is 1. The Bertz CT molecular complexity index is 466. The molecule has 104 valence electrons. The van der Waals surface area contributed by atoms with Crippen molar-refractivity contribution in [3.63, 3.8) is 0 Å². The fourth-order valence-electron chi connectivity index (χ4n) is 1.96. The van der Waals surface area contributed by atoms with Crippen LogP contribution in [0.5, 0.6) is 0 Å². The summed E-state index contributed by atoms with van der Waals surface area (Å²) < 4.78 is 11.3. The molecule has 1 fully saturated rings. The highest BCUT2D eigenvalue weighted by Crippen LogP contribution is 2.24. The lowest BCUT2D eigenvalue weighted by Crippen LogP contribution is -2.37. The molecule has 1 atom stereocenters. The Hall–Kier alpha value is -1.36. The van der Waals surface area contributed by atoms with Crippen molar-refractivity contribution in [1.29, 1.82) is 0 Å². The van der Waals surface area contributed by atoms with Crippen molar-refractivity contribution in [2.45, 2.75) is 30.7 Å². The zero-order chi connectivity index (χ0) is 13.7. The van der Waals surface area contributed by atoms with Crippen LogP contribution in [0, 0.1) is 5.92 Å². The standard InChI is InChI=1S/C14H21N3OS/c1-19(18)13-7-5-12(6-8-13)10-17-14(15)16-9-11-3-2-4-11/h5-8,11H,2-4,9-10H2,1H3,(H3,15,16,17). The van der Waals surface area contributed by atoms with Crippen LogP contribution >= 0.6 is 0 Å². The number of nitrogens with one attached hydrogen (secondary N) is 1. The van der Waals surface area contributed by atoms with Crippen LogP contribution in [0.4, 0.5) is 0 Å². The van der Waals surface area contributed by atoms with E-state index in [1.807, 2.05) is 24.3 Å². The third-order valence-corrected chi connectivity index (χ3v) is 4.42. The summed E-state index contributed by atoms with van der Waals surface area (Å²) in [5.74, 6) is 1.28. The van der Waals surface area contributed by atoms with Crippen molar-refractivity contribution >= 4 is 16.8 Å². The fraction of sp³-hybridized carbons (Fsp3) is 0.500. The third-order valence-electron chi connectivity index (χ3n) is 3.48. The van der Waals surface area contributed by atoms with E-state index in [0.29, 0.717) is 12.5 Å². The normalized spacial score (nSPS) is 17.8. The Balaban J connectivity index is 1.80. The quantitative estimate of drug-likeness (QED) is 0.636. The van der Waals surface area contributed by atoms with E-state index in [4.69, 9.17) is 5.73 Å². The monoisotopic (exact) mass is 279 g/mol. The number of guanidine groups is 1. The summed E-state index contributed by atoms with van der Waals surface area (Å²) in [6, 6.07) is 7.64. The summed E-state index contributed by atoms with van der Waals surface area (Å²) in [5, 5.41) is 3.16. The Labute approximate surface area is 117 Å².